The minimum Gasteiger partial charge on any atom is -0.355 e. The van der Waals surface area contributed by atoms with E-state index in [4.69, 9.17) is 28.3 Å². The zero-order valence-electron chi connectivity index (χ0n) is 20.1. The number of anilines is 1. The van der Waals surface area contributed by atoms with Crippen molar-refractivity contribution in [1.29, 1.82) is 0 Å². The minimum atomic E-state index is -4.67. The molecule has 198 valence electrons. The van der Waals surface area contributed by atoms with Crippen molar-refractivity contribution in [2.75, 3.05) is 18.0 Å². The van der Waals surface area contributed by atoms with Gasteiger partial charge < -0.3 is 4.90 Å². The van der Waals surface area contributed by atoms with Crippen molar-refractivity contribution in [3.05, 3.63) is 40.1 Å². The second-order valence-corrected chi connectivity index (χ2v) is 13.7. The van der Waals surface area contributed by atoms with Gasteiger partial charge in [-0.15, -0.1) is 0 Å². The second-order valence-electron chi connectivity index (χ2n) is 10.2. The molecule has 2 aromatic rings. The van der Waals surface area contributed by atoms with Gasteiger partial charge in [0.1, 0.15) is 10.8 Å². The van der Waals surface area contributed by atoms with E-state index in [1.54, 1.807) is 18.2 Å². The molecule has 1 spiro atoms. The fourth-order valence-corrected chi connectivity index (χ4v) is 7.25. The Bertz CT molecular complexity index is 1140. The molecule has 2 atom stereocenters. The summed E-state index contributed by atoms with van der Waals surface area (Å²) in [6.45, 7) is 5.08. The van der Waals surface area contributed by atoms with Gasteiger partial charge in [-0.1, -0.05) is 47.5 Å². The zero-order chi connectivity index (χ0) is 26.3. The highest BCUT2D eigenvalue weighted by atomic mass is 35.5. The molecule has 1 aliphatic heterocycles. The first-order valence-corrected chi connectivity index (χ1v) is 14.6. The Morgan fingerprint density at radius 2 is 1.92 bits per heavy atom. The van der Waals surface area contributed by atoms with Crippen LogP contribution in [0.4, 0.5) is 19.0 Å². The van der Waals surface area contributed by atoms with Crippen molar-refractivity contribution in [2.24, 2.45) is 16.5 Å². The Morgan fingerprint density at radius 3 is 2.56 bits per heavy atom. The summed E-state index contributed by atoms with van der Waals surface area (Å²) < 4.78 is 53.4. The number of nitrogens with zero attached hydrogens (tertiary/aromatic N) is 3. The molecular formula is C24H29Cl2F3N4OS2. The van der Waals surface area contributed by atoms with Gasteiger partial charge in [-0.2, -0.15) is 13.2 Å². The highest BCUT2D eigenvalue weighted by Crippen LogP contribution is 2.54. The Hall–Kier alpha value is -1.07. The smallest absolute Gasteiger partial charge is 0.355 e. The summed E-state index contributed by atoms with van der Waals surface area (Å²) in [5.41, 5.74) is -0.931. The van der Waals surface area contributed by atoms with Crippen LogP contribution in [0.5, 0.6) is 0 Å². The molecule has 2 heterocycles. The van der Waals surface area contributed by atoms with E-state index in [0.717, 1.165) is 50.3 Å². The van der Waals surface area contributed by atoms with Crippen LogP contribution in [0.3, 0.4) is 0 Å². The molecule has 1 saturated carbocycles. The number of piperidine rings is 1. The van der Waals surface area contributed by atoms with Crippen molar-refractivity contribution >= 4 is 51.8 Å². The summed E-state index contributed by atoms with van der Waals surface area (Å²) in [6.07, 6.45) is 2.46. The first-order valence-electron chi connectivity index (χ1n) is 11.8. The van der Waals surface area contributed by atoms with E-state index in [-0.39, 0.29) is 26.3 Å². The largest absolute Gasteiger partial charge is 0.436 e. The molecule has 0 bridgehead atoms. The lowest BCUT2D eigenvalue weighted by Crippen LogP contribution is -2.45. The first-order chi connectivity index (χ1) is 16.8. The van der Waals surface area contributed by atoms with Crippen molar-refractivity contribution in [3.8, 4) is 0 Å². The molecule has 4 rings (SSSR count). The summed E-state index contributed by atoms with van der Waals surface area (Å²) in [7, 11) is -1.41. The molecule has 1 saturated heterocycles. The highest BCUT2D eigenvalue weighted by Gasteiger charge is 2.47. The van der Waals surface area contributed by atoms with E-state index in [1.165, 1.54) is 6.20 Å². The van der Waals surface area contributed by atoms with E-state index < -0.39 is 27.6 Å². The van der Waals surface area contributed by atoms with Gasteiger partial charge in [0.15, 0.2) is 5.69 Å². The van der Waals surface area contributed by atoms with Crippen molar-refractivity contribution in [3.63, 3.8) is 0 Å². The maximum absolute atomic E-state index is 14.0. The number of hydrogen-bond acceptors (Lipinski definition) is 5. The average Bonchev–Trinajstić information content (AvgIpc) is 3.17. The Balaban J connectivity index is 1.53. The van der Waals surface area contributed by atoms with Crippen molar-refractivity contribution in [2.45, 2.75) is 73.2 Å². The fraction of sp³-hybridized carbons (Fsp3) is 0.583. The van der Waals surface area contributed by atoms with Crippen LogP contribution in [0, 0.1) is 11.3 Å². The number of hydrogen-bond donors (Lipinski definition) is 1. The van der Waals surface area contributed by atoms with Gasteiger partial charge in [0, 0.05) is 18.0 Å². The van der Waals surface area contributed by atoms with Gasteiger partial charge >= 0.3 is 6.18 Å². The molecule has 2 fully saturated rings. The normalized spacial score (nSPS) is 21.2. The number of aromatic nitrogens is 2. The molecule has 1 aliphatic carbocycles. The Kier molecular flexibility index (Phi) is 8.23. The minimum absolute atomic E-state index is 0.104. The maximum atomic E-state index is 14.0. The Morgan fingerprint density at radius 1 is 1.22 bits per heavy atom. The van der Waals surface area contributed by atoms with E-state index >= 15 is 0 Å². The van der Waals surface area contributed by atoms with Crippen LogP contribution >= 0.6 is 35.0 Å². The molecule has 2 aliphatic rings. The SMILES string of the molecule is CC(C)(C[C@H]1CCCC12CCN(c1cnc(Sc3cccc(Cl)c3Cl)c(C(F)(F)F)n1)CC2)S(N)=O. The third-order valence-electron chi connectivity index (χ3n) is 7.58. The molecule has 1 unspecified atom stereocenters. The van der Waals surface area contributed by atoms with Crippen molar-refractivity contribution < 1.29 is 17.4 Å². The summed E-state index contributed by atoms with van der Waals surface area (Å²) in [5, 5.41) is 5.90. The lowest BCUT2D eigenvalue weighted by atomic mass is 9.68. The van der Waals surface area contributed by atoms with E-state index in [9.17, 15) is 17.4 Å². The van der Waals surface area contributed by atoms with E-state index in [2.05, 4.69) is 9.97 Å². The molecule has 1 aromatic carbocycles. The van der Waals surface area contributed by atoms with Crippen LogP contribution in [0.15, 0.2) is 34.3 Å². The van der Waals surface area contributed by atoms with Crippen LogP contribution in [0.2, 0.25) is 10.0 Å². The molecule has 5 nitrogen and oxygen atoms in total. The van der Waals surface area contributed by atoms with Gasteiger partial charge in [0.25, 0.3) is 0 Å². The zero-order valence-corrected chi connectivity index (χ0v) is 23.2. The van der Waals surface area contributed by atoms with Crippen LogP contribution in [-0.4, -0.2) is 32.0 Å². The lowest BCUT2D eigenvalue weighted by molar-refractivity contribution is -0.143. The van der Waals surface area contributed by atoms with Crippen LogP contribution < -0.4 is 10.0 Å². The number of halogens is 5. The number of rotatable bonds is 6. The molecule has 2 N–H and O–H groups in total. The quantitative estimate of drug-likeness (QED) is 0.393. The topological polar surface area (TPSA) is 72.1 Å². The van der Waals surface area contributed by atoms with Gasteiger partial charge in [-0.3, -0.25) is 5.14 Å². The number of nitrogens with two attached hydrogens (primary N) is 1. The fourth-order valence-electron chi connectivity index (χ4n) is 5.49. The molecule has 1 aromatic heterocycles. The second kappa shape index (κ2) is 10.6. The van der Waals surface area contributed by atoms with Gasteiger partial charge in [0.2, 0.25) is 0 Å². The third-order valence-corrected chi connectivity index (χ3v) is 10.8. The van der Waals surface area contributed by atoms with Crippen LogP contribution in [0.25, 0.3) is 0 Å². The van der Waals surface area contributed by atoms with Crippen molar-refractivity contribution in [1.82, 2.24) is 9.97 Å². The van der Waals surface area contributed by atoms with E-state index in [1.807, 2.05) is 18.7 Å². The maximum Gasteiger partial charge on any atom is 0.436 e. The predicted octanol–water partition coefficient (Wildman–Crippen LogP) is 7.13. The van der Waals surface area contributed by atoms with Gasteiger partial charge in [0.05, 0.1) is 32.0 Å². The first kappa shape index (κ1) is 28.0. The summed E-state index contributed by atoms with van der Waals surface area (Å²) in [6, 6.07) is 4.79. The number of benzene rings is 1. The van der Waals surface area contributed by atoms with Gasteiger partial charge in [-0.25, -0.2) is 14.2 Å². The molecule has 0 amide bonds. The monoisotopic (exact) mass is 580 g/mol. The van der Waals surface area contributed by atoms with Gasteiger partial charge in [-0.05, 0) is 69.4 Å². The number of alkyl halides is 3. The predicted molar refractivity (Wildman–Crippen MR) is 140 cm³/mol. The van der Waals surface area contributed by atoms with E-state index in [0.29, 0.717) is 23.9 Å². The third kappa shape index (κ3) is 5.82. The summed E-state index contributed by atoms with van der Waals surface area (Å²) in [4.78, 5) is 10.4. The van der Waals surface area contributed by atoms with Crippen LogP contribution in [0.1, 0.15) is 58.1 Å². The highest BCUT2D eigenvalue weighted by molar-refractivity contribution is 7.99. The average molecular weight is 582 g/mol. The lowest BCUT2D eigenvalue weighted by Gasteiger charge is -2.45. The van der Waals surface area contributed by atoms with Crippen LogP contribution in [-0.2, 0) is 17.2 Å². The molecule has 12 heteroatoms. The summed E-state index contributed by atoms with van der Waals surface area (Å²) >= 11 is 13.0. The molecule has 0 radical (unpaired) electrons. The standard InChI is InChI=1S/C24H29Cl2F3N4OS2/c1-22(2,36(30)34)13-15-5-4-8-23(15)9-11-33(12-10-23)18-14-31-21(20(32-18)24(27,28)29)35-17-7-3-6-16(25)19(17)26/h3,6-7,14-15H,4-5,8-13,30H2,1-2H3/t15-,36?/m1/s1. The molecular weight excluding hydrogens is 552 g/mol. The summed E-state index contributed by atoms with van der Waals surface area (Å²) in [5.74, 6) is 0.622. The Labute approximate surface area is 226 Å². The molecule has 36 heavy (non-hydrogen) atoms.